The molecule has 1 aromatic carbocycles. The van der Waals surface area contributed by atoms with Crippen molar-refractivity contribution in [2.75, 3.05) is 25.1 Å². The van der Waals surface area contributed by atoms with E-state index in [0.29, 0.717) is 12.1 Å². The molecule has 0 bridgehead atoms. The monoisotopic (exact) mass is 332 g/mol. The molecule has 0 radical (unpaired) electrons. The number of halogens is 2. The lowest BCUT2D eigenvalue weighted by molar-refractivity contribution is 0.0731. The standard InChI is InChI=1S/C13H18BrClN2O/c1-9(6-11-8-18-5-4-16-11)17-10-2-3-12(14)13(15)7-10/h2-3,7,9,11,16-17H,4-6,8H2,1H3. The van der Waals surface area contributed by atoms with E-state index in [1.165, 1.54) is 0 Å². The summed E-state index contributed by atoms with van der Waals surface area (Å²) in [5, 5.41) is 7.64. The Kier molecular flexibility index (Phi) is 5.30. The second-order valence-electron chi connectivity index (χ2n) is 4.64. The maximum atomic E-state index is 6.07. The molecule has 1 aliphatic heterocycles. The third-order valence-electron chi connectivity index (χ3n) is 2.97. The van der Waals surface area contributed by atoms with Crippen LogP contribution in [0.15, 0.2) is 22.7 Å². The third-order valence-corrected chi connectivity index (χ3v) is 4.20. The molecule has 2 N–H and O–H groups in total. The molecule has 1 aromatic rings. The lowest BCUT2D eigenvalue weighted by Crippen LogP contribution is -2.43. The normalized spacial score (nSPS) is 21.6. The van der Waals surface area contributed by atoms with Gasteiger partial charge in [0.1, 0.15) is 0 Å². The molecule has 1 saturated heterocycles. The quantitative estimate of drug-likeness (QED) is 0.887. The smallest absolute Gasteiger partial charge is 0.0621 e. The number of benzene rings is 1. The number of ether oxygens (including phenoxy) is 1. The van der Waals surface area contributed by atoms with E-state index in [0.717, 1.165) is 41.4 Å². The van der Waals surface area contributed by atoms with Gasteiger partial charge >= 0.3 is 0 Å². The molecule has 0 spiro atoms. The summed E-state index contributed by atoms with van der Waals surface area (Å²) in [4.78, 5) is 0. The lowest BCUT2D eigenvalue weighted by Gasteiger charge is -2.27. The predicted octanol–water partition coefficient (Wildman–Crippen LogP) is 3.28. The first-order valence-corrected chi connectivity index (χ1v) is 7.35. The van der Waals surface area contributed by atoms with Gasteiger partial charge in [0.05, 0.1) is 18.2 Å². The van der Waals surface area contributed by atoms with Crippen LogP contribution < -0.4 is 10.6 Å². The van der Waals surface area contributed by atoms with Gasteiger partial charge in [-0.1, -0.05) is 11.6 Å². The van der Waals surface area contributed by atoms with Gasteiger partial charge in [-0.25, -0.2) is 0 Å². The largest absolute Gasteiger partial charge is 0.382 e. The first-order chi connectivity index (χ1) is 8.65. The van der Waals surface area contributed by atoms with Crippen LogP contribution in [0.1, 0.15) is 13.3 Å². The molecule has 18 heavy (non-hydrogen) atoms. The van der Waals surface area contributed by atoms with Gasteiger partial charge in [0, 0.05) is 28.8 Å². The van der Waals surface area contributed by atoms with Crippen LogP contribution in [0.2, 0.25) is 5.02 Å². The van der Waals surface area contributed by atoms with Crippen LogP contribution in [0.25, 0.3) is 0 Å². The number of morpholine rings is 1. The first-order valence-electron chi connectivity index (χ1n) is 6.18. The fourth-order valence-electron chi connectivity index (χ4n) is 2.13. The van der Waals surface area contributed by atoms with Crippen LogP contribution in [0.4, 0.5) is 5.69 Å². The van der Waals surface area contributed by atoms with Gasteiger partial charge < -0.3 is 15.4 Å². The third kappa shape index (κ3) is 4.12. The summed E-state index contributed by atoms with van der Waals surface area (Å²) >= 11 is 9.46. The molecule has 2 rings (SSSR count). The molecule has 3 nitrogen and oxygen atoms in total. The Hall–Kier alpha value is -0.290. The zero-order valence-corrected chi connectivity index (χ0v) is 12.7. The van der Waals surface area contributed by atoms with Crippen LogP contribution in [-0.4, -0.2) is 31.8 Å². The van der Waals surface area contributed by atoms with Gasteiger partial charge in [-0.3, -0.25) is 0 Å². The zero-order valence-electron chi connectivity index (χ0n) is 10.4. The summed E-state index contributed by atoms with van der Waals surface area (Å²) in [5.74, 6) is 0. The minimum Gasteiger partial charge on any atom is -0.382 e. The fourth-order valence-corrected chi connectivity index (χ4v) is 2.55. The first kappa shape index (κ1) is 14.1. The molecule has 5 heteroatoms. The van der Waals surface area contributed by atoms with E-state index in [1.807, 2.05) is 18.2 Å². The number of nitrogens with one attached hydrogen (secondary N) is 2. The SMILES string of the molecule is CC(CC1COCCN1)Nc1ccc(Br)c(Cl)c1. The van der Waals surface area contributed by atoms with Gasteiger partial charge in [-0.05, 0) is 47.5 Å². The van der Waals surface area contributed by atoms with Crippen molar-refractivity contribution in [3.8, 4) is 0 Å². The zero-order chi connectivity index (χ0) is 13.0. The van der Waals surface area contributed by atoms with E-state index in [1.54, 1.807) is 0 Å². The second kappa shape index (κ2) is 6.75. The van der Waals surface area contributed by atoms with Crippen molar-refractivity contribution in [2.45, 2.75) is 25.4 Å². The van der Waals surface area contributed by atoms with Crippen molar-refractivity contribution in [3.05, 3.63) is 27.7 Å². The van der Waals surface area contributed by atoms with Crippen LogP contribution in [0, 0.1) is 0 Å². The Morgan fingerprint density at radius 1 is 1.61 bits per heavy atom. The Labute approximate surface area is 121 Å². The van der Waals surface area contributed by atoms with Crippen molar-refractivity contribution in [3.63, 3.8) is 0 Å². The van der Waals surface area contributed by atoms with E-state index in [-0.39, 0.29) is 0 Å². The molecule has 0 aliphatic carbocycles. The fraction of sp³-hybridized carbons (Fsp3) is 0.538. The van der Waals surface area contributed by atoms with Crippen molar-refractivity contribution in [2.24, 2.45) is 0 Å². The molecule has 1 heterocycles. The summed E-state index contributed by atoms with van der Waals surface area (Å²) in [6.07, 6.45) is 1.04. The molecule has 1 fully saturated rings. The molecule has 1 aliphatic rings. The average molecular weight is 334 g/mol. The highest BCUT2D eigenvalue weighted by atomic mass is 79.9. The minimum absolute atomic E-state index is 0.376. The highest BCUT2D eigenvalue weighted by Crippen LogP contribution is 2.26. The van der Waals surface area contributed by atoms with Crippen LogP contribution in [-0.2, 0) is 4.74 Å². The molecule has 0 aromatic heterocycles. The van der Waals surface area contributed by atoms with E-state index in [9.17, 15) is 0 Å². The average Bonchev–Trinajstić information content (AvgIpc) is 2.35. The lowest BCUT2D eigenvalue weighted by atomic mass is 10.1. The summed E-state index contributed by atoms with van der Waals surface area (Å²) in [5.41, 5.74) is 1.05. The van der Waals surface area contributed by atoms with Crippen LogP contribution in [0.3, 0.4) is 0 Å². The number of hydrogen-bond donors (Lipinski definition) is 2. The molecule has 100 valence electrons. The van der Waals surface area contributed by atoms with E-state index in [2.05, 4.69) is 33.5 Å². The summed E-state index contributed by atoms with van der Waals surface area (Å²) < 4.78 is 6.37. The van der Waals surface area contributed by atoms with Gasteiger partial charge in [-0.2, -0.15) is 0 Å². The highest BCUT2D eigenvalue weighted by molar-refractivity contribution is 9.10. The van der Waals surface area contributed by atoms with Gasteiger partial charge in [-0.15, -0.1) is 0 Å². The van der Waals surface area contributed by atoms with E-state index in [4.69, 9.17) is 16.3 Å². The molecule has 0 amide bonds. The molecule has 2 atom stereocenters. The van der Waals surface area contributed by atoms with E-state index >= 15 is 0 Å². The van der Waals surface area contributed by atoms with Crippen molar-refractivity contribution in [1.29, 1.82) is 0 Å². The molecular weight excluding hydrogens is 316 g/mol. The maximum Gasteiger partial charge on any atom is 0.0621 e. The Balaban J connectivity index is 1.85. The second-order valence-corrected chi connectivity index (χ2v) is 5.90. The Bertz CT molecular complexity index is 397. The van der Waals surface area contributed by atoms with Crippen LogP contribution in [0.5, 0.6) is 0 Å². The summed E-state index contributed by atoms with van der Waals surface area (Å²) in [6, 6.07) is 6.73. The van der Waals surface area contributed by atoms with Crippen molar-refractivity contribution >= 4 is 33.2 Å². The Morgan fingerprint density at radius 2 is 2.44 bits per heavy atom. The maximum absolute atomic E-state index is 6.07. The van der Waals surface area contributed by atoms with E-state index < -0.39 is 0 Å². The molecular formula is C13H18BrClN2O. The molecule has 2 unspecified atom stereocenters. The van der Waals surface area contributed by atoms with Gasteiger partial charge in [0.25, 0.3) is 0 Å². The highest BCUT2D eigenvalue weighted by Gasteiger charge is 2.16. The van der Waals surface area contributed by atoms with Crippen LogP contribution >= 0.6 is 27.5 Å². The molecule has 0 saturated carbocycles. The number of rotatable bonds is 4. The van der Waals surface area contributed by atoms with Crippen molar-refractivity contribution in [1.82, 2.24) is 5.32 Å². The number of anilines is 1. The Morgan fingerprint density at radius 3 is 3.11 bits per heavy atom. The van der Waals surface area contributed by atoms with Gasteiger partial charge in [0.2, 0.25) is 0 Å². The van der Waals surface area contributed by atoms with Crippen molar-refractivity contribution < 1.29 is 4.74 Å². The topological polar surface area (TPSA) is 33.3 Å². The summed E-state index contributed by atoms with van der Waals surface area (Å²) in [7, 11) is 0. The minimum atomic E-state index is 0.376. The predicted molar refractivity (Wildman–Crippen MR) is 79.5 cm³/mol. The number of hydrogen-bond acceptors (Lipinski definition) is 3. The summed E-state index contributed by atoms with van der Waals surface area (Å²) in [6.45, 7) is 4.74. The van der Waals surface area contributed by atoms with Gasteiger partial charge in [0.15, 0.2) is 0 Å².